The lowest BCUT2D eigenvalue weighted by molar-refractivity contribution is 0.186. The molecule has 0 fully saturated rings. The first-order valence-electron chi connectivity index (χ1n) is 9.34. The van der Waals surface area contributed by atoms with Crippen LogP contribution in [0, 0.1) is 11.3 Å². The maximum atomic E-state index is 9.87. The maximum absolute atomic E-state index is 9.87. The van der Waals surface area contributed by atoms with E-state index in [1.54, 1.807) is 41.2 Å². The maximum Gasteiger partial charge on any atom is 0.217 e. The Morgan fingerprint density at radius 3 is 2.55 bits per heavy atom. The van der Waals surface area contributed by atoms with Gasteiger partial charge in [0.15, 0.2) is 0 Å². The summed E-state index contributed by atoms with van der Waals surface area (Å²) in [5, 5.41) is 23.7. The van der Waals surface area contributed by atoms with Gasteiger partial charge in [0.2, 0.25) is 5.88 Å². The normalized spacial score (nSPS) is 12.4. The fraction of sp³-hybridized carbons (Fsp3) is 0.318. The highest BCUT2D eigenvalue weighted by Crippen LogP contribution is 2.35. The van der Waals surface area contributed by atoms with Gasteiger partial charge in [-0.15, -0.1) is 0 Å². The first-order chi connectivity index (χ1) is 13.7. The lowest BCUT2D eigenvalue weighted by atomic mass is 9.93. The van der Waals surface area contributed by atoms with Crippen LogP contribution in [0.2, 0.25) is 0 Å². The van der Waals surface area contributed by atoms with E-state index in [4.69, 9.17) is 10.5 Å². The van der Waals surface area contributed by atoms with Crippen LogP contribution in [-0.4, -0.2) is 26.4 Å². The molecule has 0 unspecified atom stereocenters. The smallest absolute Gasteiger partial charge is 0.217 e. The Balaban J connectivity index is 2.01. The summed E-state index contributed by atoms with van der Waals surface area (Å²) in [6.45, 7) is 6.38. The van der Waals surface area contributed by atoms with Crippen LogP contribution in [0.1, 0.15) is 43.7 Å². The van der Waals surface area contributed by atoms with Crippen molar-refractivity contribution in [1.82, 2.24) is 14.8 Å². The molecule has 1 atom stereocenters. The largest absolute Gasteiger partial charge is 0.439 e. The molecule has 29 heavy (non-hydrogen) atoms. The van der Waals surface area contributed by atoms with E-state index >= 15 is 0 Å². The Kier molecular flexibility index (Phi) is 5.69. The summed E-state index contributed by atoms with van der Waals surface area (Å²) in [7, 11) is 1.82. The van der Waals surface area contributed by atoms with Crippen molar-refractivity contribution in [2.24, 2.45) is 12.8 Å². The van der Waals surface area contributed by atoms with Gasteiger partial charge in [0.05, 0.1) is 29.1 Å². The number of aromatic nitrogens is 3. The molecular formula is C22H25N5O2. The summed E-state index contributed by atoms with van der Waals surface area (Å²) in [4.78, 5) is 4.44. The first kappa shape index (κ1) is 20.5. The summed E-state index contributed by atoms with van der Waals surface area (Å²) in [5.74, 6) is 1.08. The van der Waals surface area contributed by atoms with E-state index < -0.39 is 6.10 Å². The van der Waals surface area contributed by atoms with Crippen molar-refractivity contribution in [3.63, 3.8) is 0 Å². The molecule has 0 aliphatic rings. The average molecular weight is 391 g/mol. The topological polar surface area (TPSA) is 110 Å². The van der Waals surface area contributed by atoms with Gasteiger partial charge >= 0.3 is 0 Å². The number of nitrogens with two attached hydrogens (primary N) is 1. The summed E-state index contributed by atoms with van der Waals surface area (Å²) in [6.07, 6.45) is 0.842. The molecule has 3 N–H and O–H groups in total. The van der Waals surface area contributed by atoms with Crippen LogP contribution in [0.3, 0.4) is 0 Å². The molecule has 0 aliphatic heterocycles. The molecule has 0 saturated carbocycles. The number of aryl methyl sites for hydroxylation is 1. The highest BCUT2D eigenvalue weighted by molar-refractivity contribution is 5.69. The highest BCUT2D eigenvalue weighted by atomic mass is 16.5. The molecule has 3 rings (SSSR count). The number of nitriles is 1. The van der Waals surface area contributed by atoms with E-state index in [1.807, 2.05) is 13.1 Å². The number of pyridine rings is 1. The molecule has 150 valence electrons. The minimum atomic E-state index is -0.751. The SMILES string of the molecule is Cn1nc(C(C)(C)C)cc1Oc1cc(C#N)ccc1-c1ccc([C@H](O)CN)cn1. The molecule has 0 radical (unpaired) electrons. The van der Waals surface area contributed by atoms with Crippen LogP contribution in [-0.2, 0) is 12.5 Å². The number of aliphatic hydroxyl groups excluding tert-OH is 1. The van der Waals surface area contributed by atoms with Gasteiger partial charge in [0.25, 0.3) is 0 Å². The second-order valence-electron chi connectivity index (χ2n) is 7.89. The van der Waals surface area contributed by atoms with E-state index in [1.165, 1.54) is 0 Å². The van der Waals surface area contributed by atoms with Crippen LogP contribution < -0.4 is 10.5 Å². The number of rotatable bonds is 5. The molecule has 7 nitrogen and oxygen atoms in total. The van der Waals surface area contributed by atoms with Crippen molar-refractivity contribution >= 4 is 0 Å². The molecule has 0 saturated heterocycles. The zero-order valence-corrected chi connectivity index (χ0v) is 17.0. The van der Waals surface area contributed by atoms with Crippen molar-refractivity contribution in [1.29, 1.82) is 5.26 Å². The van der Waals surface area contributed by atoms with Crippen molar-refractivity contribution < 1.29 is 9.84 Å². The summed E-state index contributed by atoms with van der Waals surface area (Å²) in [6, 6.07) is 12.8. The van der Waals surface area contributed by atoms with Crippen molar-refractivity contribution in [3.8, 4) is 29.0 Å². The quantitative estimate of drug-likeness (QED) is 0.689. The lowest BCUT2D eigenvalue weighted by Gasteiger charge is -2.13. The van der Waals surface area contributed by atoms with E-state index in [2.05, 4.69) is 36.9 Å². The second-order valence-corrected chi connectivity index (χ2v) is 7.89. The van der Waals surface area contributed by atoms with Crippen LogP contribution >= 0.6 is 0 Å². The van der Waals surface area contributed by atoms with Gasteiger partial charge < -0.3 is 15.6 Å². The Morgan fingerprint density at radius 2 is 2.00 bits per heavy atom. The third-order valence-electron chi connectivity index (χ3n) is 4.60. The Bertz CT molecular complexity index is 1040. The van der Waals surface area contributed by atoms with Gasteiger partial charge in [0.1, 0.15) is 5.75 Å². The third kappa shape index (κ3) is 4.45. The minimum absolute atomic E-state index is 0.113. The molecular weight excluding hydrogens is 366 g/mol. The first-order valence-corrected chi connectivity index (χ1v) is 9.34. The molecule has 7 heteroatoms. The van der Waals surface area contributed by atoms with Gasteiger partial charge in [-0.25, -0.2) is 4.68 Å². The van der Waals surface area contributed by atoms with Crippen LogP contribution in [0.5, 0.6) is 11.6 Å². The number of nitrogens with zero attached hydrogens (tertiary/aromatic N) is 4. The number of hydrogen-bond donors (Lipinski definition) is 2. The monoisotopic (exact) mass is 391 g/mol. The molecule has 2 heterocycles. The Labute approximate surface area is 170 Å². The number of hydrogen-bond acceptors (Lipinski definition) is 6. The van der Waals surface area contributed by atoms with Crippen molar-refractivity contribution in [2.75, 3.05) is 6.54 Å². The molecule has 0 bridgehead atoms. The number of benzene rings is 1. The molecule has 0 aliphatic carbocycles. The molecule has 1 aromatic carbocycles. The predicted molar refractivity (Wildman–Crippen MR) is 110 cm³/mol. The average Bonchev–Trinajstić information content (AvgIpc) is 3.08. The van der Waals surface area contributed by atoms with E-state index in [0.29, 0.717) is 28.5 Å². The number of ether oxygens (including phenoxy) is 1. The van der Waals surface area contributed by atoms with Crippen LogP contribution in [0.15, 0.2) is 42.6 Å². The standard InChI is InChI=1S/C22H25N5O2/c1-22(2,3)20-10-21(27(4)26-20)29-19-9-14(11-23)5-7-16(19)17-8-6-15(13-25-17)18(28)12-24/h5-10,13,18,28H,12,24H2,1-4H3/t18-/m1/s1. The molecule has 0 spiro atoms. The van der Waals surface area contributed by atoms with Gasteiger partial charge in [-0.1, -0.05) is 26.8 Å². The van der Waals surface area contributed by atoms with Crippen molar-refractivity contribution in [2.45, 2.75) is 32.3 Å². The predicted octanol–water partition coefficient (Wildman–Crippen LogP) is 3.44. The molecule has 0 amide bonds. The third-order valence-corrected chi connectivity index (χ3v) is 4.60. The molecule has 2 aromatic heterocycles. The van der Waals surface area contributed by atoms with Crippen molar-refractivity contribution in [3.05, 3.63) is 59.4 Å². The van der Waals surface area contributed by atoms with Gasteiger partial charge in [0, 0.05) is 42.4 Å². The summed E-state index contributed by atoms with van der Waals surface area (Å²) < 4.78 is 7.83. The van der Waals surface area contributed by atoms with Gasteiger partial charge in [-0.2, -0.15) is 10.4 Å². The summed E-state index contributed by atoms with van der Waals surface area (Å²) in [5.41, 5.74) is 8.83. The highest BCUT2D eigenvalue weighted by Gasteiger charge is 2.21. The molecule has 3 aromatic rings. The van der Waals surface area contributed by atoms with E-state index in [9.17, 15) is 10.4 Å². The van der Waals surface area contributed by atoms with Crippen LogP contribution in [0.4, 0.5) is 0 Å². The fourth-order valence-electron chi connectivity index (χ4n) is 2.81. The zero-order valence-electron chi connectivity index (χ0n) is 17.0. The van der Waals surface area contributed by atoms with E-state index in [0.717, 1.165) is 11.3 Å². The second kappa shape index (κ2) is 8.03. The van der Waals surface area contributed by atoms with Crippen LogP contribution in [0.25, 0.3) is 11.3 Å². The Hall–Kier alpha value is -3.21. The van der Waals surface area contributed by atoms with E-state index in [-0.39, 0.29) is 12.0 Å². The number of aliphatic hydroxyl groups is 1. The van der Waals surface area contributed by atoms with Gasteiger partial charge in [-0.05, 0) is 24.3 Å². The van der Waals surface area contributed by atoms with Gasteiger partial charge in [-0.3, -0.25) is 4.98 Å². The lowest BCUT2D eigenvalue weighted by Crippen LogP contribution is -2.12. The Morgan fingerprint density at radius 1 is 1.24 bits per heavy atom. The zero-order chi connectivity index (χ0) is 21.2. The minimum Gasteiger partial charge on any atom is -0.439 e. The fourth-order valence-corrected chi connectivity index (χ4v) is 2.81. The summed E-state index contributed by atoms with van der Waals surface area (Å²) >= 11 is 0.